The van der Waals surface area contributed by atoms with Gasteiger partial charge < -0.3 is 5.11 Å². The summed E-state index contributed by atoms with van der Waals surface area (Å²) in [5, 5.41) is 8.84. The van der Waals surface area contributed by atoms with Crippen LogP contribution < -0.4 is 0 Å². The molecule has 0 aromatic carbocycles. The van der Waals surface area contributed by atoms with E-state index in [0.717, 1.165) is 19.1 Å². The Morgan fingerprint density at radius 1 is 0.850 bits per heavy atom. The number of carboxylic acids is 1. The van der Waals surface area contributed by atoms with Gasteiger partial charge in [-0.3, -0.25) is 9.69 Å². The minimum Gasteiger partial charge on any atom is -0.481 e. The van der Waals surface area contributed by atoms with E-state index in [0.29, 0.717) is 12.3 Å². The van der Waals surface area contributed by atoms with Gasteiger partial charge in [0.2, 0.25) is 0 Å². The normalized spacial score (nSPS) is 25.4. The third-order valence-corrected chi connectivity index (χ3v) is 5.04. The smallest absolute Gasteiger partial charge is 0.303 e. The van der Waals surface area contributed by atoms with Crippen molar-refractivity contribution in [3.8, 4) is 0 Å². The third kappa shape index (κ3) is 5.43. The first-order valence-electron chi connectivity index (χ1n) is 8.71. The van der Waals surface area contributed by atoms with E-state index in [4.69, 9.17) is 5.11 Å². The summed E-state index contributed by atoms with van der Waals surface area (Å²) in [5.74, 6) is -0.220. The topological polar surface area (TPSA) is 40.5 Å². The highest BCUT2D eigenvalue weighted by Crippen LogP contribution is 2.27. The summed E-state index contributed by atoms with van der Waals surface area (Å²) >= 11 is 0. The Balaban J connectivity index is 1.71. The van der Waals surface area contributed by atoms with Crippen molar-refractivity contribution in [1.29, 1.82) is 0 Å². The van der Waals surface area contributed by atoms with Gasteiger partial charge in [0.25, 0.3) is 0 Å². The fourth-order valence-corrected chi connectivity index (χ4v) is 3.79. The van der Waals surface area contributed by atoms with E-state index >= 15 is 0 Å². The van der Waals surface area contributed by atoms with Gasteiger partial charge in [-0.1, -0.05) is 57.8 Å². The maximum Gasteiger partial charge on any atom is 0.303 e. The molecular weight excluding hydrogens is 250 g/mol. The standard InChI is InChI=1S/C17H31NO2/c19-17(20)12-15-13-18(14-15)16-10-8-6-4-2-1-3-5-7-9-11-16/h15-16H,1-14H2,(H,19,20). The Kier molecular flexibility index (Phi) is 6.85. The van der Waals surface area contributed by atoms with Crippen LogP contribution in [0.1, 0.15) is 77.0 Å². The lowest BCUT2D eigenvalue weighted by atomic mass is 9.90. The van der Waals surface area contributed by atoms with Gasteiger partial charge in [-0.25, -0.2) is 0 Å². The van der Waals surface area contributed by atoms with Gasteiger partial charge >= 0.3 is 5.97 Å². The number of carbonyl (C=O) groups is 1. The molecule has 1 saturated carbocycles. The van der Waals surface area contributed by atoms with Crippen LogP contribution in [0.2, 0.25) is 0 Å². The molecule has 20 heavy (non-hydrogen) atoms. The van der Waals surface area contributed by atoms with Gasteiger partial charge in [0.05, 0.1) is 6.42 Å². The zero-order valence-electron chi connectivity index (χ0n) is 12.9. The van der Waals surface area contributed by atoms with Crippen molar-refractivity contribution >= 4 is 5.97 Å². The number of hydrogen-bond donors (Lipinski definition) is 1. The first-order chi connectivity index (χ1) is 9.75. The predicted molar refractivity (Wildman–Crippen MR) is 81.9 cm³/mol. The summed E-state index contributed by atoms with van der Waals surface area (Å²) in [7, 11) is 0. The highest BCUT2D eigenvalue weighted by atomic mass is 16.4. The SMILES string of the molecule is O=C(O)CC1CN(C2CCCCCCCCCCC2)C1. The number of likely N-dealkylation sites (tertiary alicyclic amines) is 1. The highest BCUT2D eigenvalue weighted by Gasteiger charge is 2.32. The highest BCUT2D eigenvalue weighted by molar-refractivity contribution is 5.67. The van der Waals surface area contributed by atoms with Crippen LogP contribution in [-0.4, -0.2) is 35.1 Å². The summed E-state index contributed by atoms with van der Waals surface area (Å²) in [6.07, 6.45) is 15.7. The van der Waals surface area contributed by atoms with Crippen molar-refractivity contribution in [2.24, 2.45) is 5.92 Å². The van der Waals surface area contributed by atoms with Gasteiger partial charge in [-0.2, -0.15) is 0 Å². The Bertz CT molecular complexity index is 275. The van der Waals surface area contributed by atoms with Crippen molar-refractivity contribution in [2.45, 2.75) is 83.1 Å². The Morgan fingerprint density at radius 2 is 1.30 bits per heavy atom. The van der Waals surface area contributed by atoms with Crippen molar-refractivity contribution in [1.82, 2.24) is 4.90 Å². The second-order valence-corrected chi connectivity index (χ2v) is 6.83. The monoisotopic (exact) mass is 281 g/mol. The molecule has 1 saturated heterocycles. The molecule has 116 valence electrons. The molecule has 3 nitrogen and oxygen atoms in total. The van der Waals surface area contributed by atoms with Crippen molar-refractivity contribution in [3.05, 3.63) is 0 Å². The zero-order chi connectivity index (χ0) is 14.2. The van der Waals surface area contributed by atoms with Crippen LogP contribution in [0.25, 0.3) is 0 Å². The van der Waals surface area contributed by atoms with Gasteiger partial charge in [0.1, 0.15) is 0 Å². The molecule has 1 N–H and O–H groups in total. The van der Waals surface area contributed by atoms with Gasteiger partial charge in [0, 0.05) is 19.1 Å². The van der Waals surface area contributed by atoms with E-state index in [-0.39, 0.29) is 0 Å². The molecule has 2 fully saturated rings. The maximum atomic E-state index is 10.7. The minimum absolute atomic E-state index is 0.364. The molecule has 0 amide bonds. The molecule has 1 aliphatic heterocycles. The number of nitrogens with zero attached hydrogens (tertiary/aromatic N) is 1. The summed E-state index contributed by atoms with van der Waals surface area (Å²) < 4.78 is 0. The molecule has 0 spiro atoms. The molecule has 0 unspecified atom stereocenters. The number of carboxylic acid groups (broad SMARTS) is 1. The molecule has 2 aliphatic rings. The lowest BCUT2D eigenvalue weighted by molar-refractivity contribution is -0.139. The van der Waals surface area contributed by atoms with E-state index in [2.05, 4.69) is 4.90 Å². The van der Waals surface area contributed by atoms with E-state index in [1.165, 1.54) is 70.6 Å². The average Bonchev–Trinajstić information content (AvgIpc) is 2.34. The molecule has 1 heterocycles. The van der Waals surface area contributed by atoms with Crippen molar-refractivity contribution < 1.29 is 9.90 Å². The molecule has 0 aromatic rings. The van der Waals surface area contributed by atoms with E-state index < -0.39 is 5.97 Å². The van der Waals surface area contributed by atoms with E-state index in [9.17, 15) is 4.79 Å². The Hall–Kier alpha value is -0.570. The van der Waals surface area contributed by atoms with E-state index in [1.54, 1.807) is 0 Å². The molecule has 0 radical (unpaired) electrons. The second-order valence-electron chi connectivity index (χ2n) is 6.83. The van der Waals surface area contributed by atoms with Crippen LogP contribution in [-0.2, 0) is 4.79 Å². The Labute approximate surface area is 123 Å². The van der Waals surface area contributed by atoms with E-state index in [1.807, 2.05) is 0 Å². The Morgan fingerprint density at radius 3 is 1.75 bits per heavy atom. The summed E-state index contributed by atoms with van der Waals surface area (Å²) in [6.45, 7) is 2.05. The van der Waals surface area contributed by atoms with Gasteiger partial charge in [0.15, 0.2) is 0 Å². The molecule has 1 aliphatic carbocycles. The molecule has 0 aromatic heterocycles. The molecule has 3 heteroatoms. The van der Waals surface area contributed by atoms with Crippen LogP contribution in [0.4, 0.5) is 0 Å². The van der Waals surface area contributed by atoms with Crippen LogP contribution in [0.3, 0.4) is 0 Å². The summed E-state index contributed by atoms with van der Waals surface area (Å²) in [4.78, 5) is 13.3. The lowest BCUT2D eigenvalue weighted by Gasteiger charge is -2.44. The van der Waals surface area contributed by atoms with Crippen LogP contribution >= 0.6 is 0 Å². The summed E-state index contributed by atoms with van der Waals surface area (Å²) in [6, 6.07) is 0.736. The minimum atomic E-state index is -0.631. The van der Waals surface area contributed by atoms with Crippen molar-refractivity contribution in [3.63, 3.8) is 0 Å². The first-order valence-corrected chi connectivity index (χ1v) is 8.71. The molecular formula is C17H31NO2. The summed E-state index contributed by atoms with van der Waals surface area (Å²) in [5.41, 5.74) is 0. The van der Waals surface area contributed by atoms with Crippen LogP contribution in [0.5, 0.6) is 0 Å². The molecule has 0 atom stereocenters. The number of hydrogen-bond acceptors (Lipinski definition) is 2. The first kappa shape index (κ1) is 15.8. The van der Waals surface area contributed by atoms with Gasteiger partial charge in [-0.05, 0) is 18.8 Å². The molecule has 2 rings (SSSR count). The number of rotatable bonds is 3. The van der Waals surface area contributed by atoms with Crippen molar-refractivity contribution in [2.75, 3.05) is 13.1 Å². The average molecular weight is 281 g/mol. The predicted octanol–water partition coefficient (Wildman–Crippen LogP) is 4.07. The lowest BCUT2D eigenvalue weighted by Crippen LogP contribution is -2.52. The third-order valence-electron chi connectivity index (χ3n) is 5.04. The largest absolute Gasteiger partial charge is 0.481 e. The number of aliphatic carboxylic acids is 1. The quantitative estimate of drug-likeness (QED) is 0.848. The van der Waals surface area contributed by atoms with Crippen LogP contribution in [0, 0.1) is 5.92 Å². The fourth-order valence-electron chi connectivity index (χ4n) is 3.79. The van der Waals surface area contributed by atoms with Gasteiger partial charge in [-0.15, -0.1) is 0 Å². The van der Waals surface area contributed by atoms with Crippen LogP contribution in [0.15, 0.2) is 0 Å². The molecule has 0 bridgehead atoms. The maximum absolute atomic E-state index is 10.7. The fraction of sp³-hybridized carbons (Fsp3) is 0.941. The zero-order valence-corrected chi connectivity index (χ0v) is 12.9. The second kappa shape index (κ2) is 8.66.